The second kappa shape index (κ2) is 27.6. The largest absolute Gasteiger partial charge is 0.309 e. The number of fused-ring (bicyclic) bond motifs is 12. The standard InChI is InChI=1S/2C52H34N4/c1-4-14-35(15-5-1)46-34-47(54-52(53-46)37-16-6-2-7-17-37)36-24-28-41(29-25-36)55-49-23-13-11-21-43(49)45-32-38(27-31-50(45)55)39-26-30-44-42-20-10-12-22-48(42)56(51(44)33-39)40-18-8-3-9-19-40;1-4-14-35(15-5-1)46-34-47(36-16-6-2-7-17-36)54-52(53-46)37-24-28-41(29-25-37)55-49-23-13-11-21-43(49)45-32-38(27-31-50(45)55)39-26-30-44-42-20-10-12-22-48(42)56(51(44)33-39)40-18-8-3-9-19-40/h2*1-34H. The lowest BCUT2D eigenvalue weighted by atomic mass is 10.0. The molecule has 8 heteroatoms. The zero-order chi connectivity index (χ0) is 74.0. The van der Waals surface area contributed by atoms with Crippen LogP contribution in [0.1, 0.15) is 0 Å². The summed E-state index contributed by atoms with van der Waals surface area (Å²) >= 11 is 0. The maximum atomic E-state index is 5.06. The second-order valence-corrected chi connectivity index (χ2v) is 28.5. The van der Waals surface area contributed by atoms with Crippen LogP contribution in [0.2, 0.25) is 0 Å². The van der Waals surface area contributed by atoms with Crippen LogP contribution in [0.4, 0.5) is 0 Å². The van der Waals surface area contributed by atoms with Gasteiger partial charge in [-0.1, -0.05) is 279 Å². The zero-order valence-corrected chi connectivity index (χ0v) is 60.8. The number of hydrogen-bond donors (Lipinski definition) is 0. The first-order valence-corrected chi connectivity index (χ1v) is 38.0. The summed E-state index contributed by atoms with van der Waals surface area (Å²) in [5.74, 6) is 1.41. The van der Waals surface area contributed by atoms with Crippen molar-refractivity contribution in [1.82, 2.24) is 38.2 Å². The van der Waals surface area contributed by atoms with Gasteiger partial charge in [-0.05, 0) is 156 Å². The summed E-state index contributed by atoms with van der Waals surface area (Å²) in [5.41, 5.74) is 28.5. The van der Waals surface area contributed by atoms with E-state index in [1.165, 1.54) is 104 Å². The molecular weight excluding hydrogens is 1360 g/mol. The van der Waals surface area contributed by atoms with Gasteiger partial charge in [-0.3, -0.25) is 0 Å². The predicted molar refractivity (Wildman–Crippen MR) is 465 cm³/mol. The molecule has 0 aliphatic rings. The van der Waals surface area contributed by atoms with Crippen LogP contribution in [-0.2, 0) is 0 Å². The highest BCUT2D eigenvalue weighted by molar-refractivity contribution is 6.15. The Hall–Kier alpha value is -15.1. The summed E-state index contributed by atoms with van der Waals surface area (Å²) in [6.07, 6.45) is 0. The van der Waals surface area contributed by atoms with E-state index in [0.717, 1.165) is 84.4 Å². The van der Waals surface area contributed by atoms with Crippen molar-refractivity contribution in [2.24, 2.45) is 0 Å². The van der Waals surface area contributed by atoms with Gasteiger partial charge in [0.05, 0.1) is 66.9 Å². The van der Waals surface area contributed by atoms with E-state index in [4.69, 9.17) is 19.9 Å². The maximum Gasteiger partial charge on any atom is 0.160 e. The SMILES string of the molecule is c1ccc(-c2cc(-c3ccc(-n4c5ccccc5c5cc(-c6ccc7c8ccccc8n(-c8ccccc8)c7c6)ccc54)cc3)nc(-c3ccccc3)n2)cc1.c1ccc(-c2cc(-c3ccccc3)nc(-c3ccc(-n4c5ccccc5c5cc(-c6ccc7c8ccccc8n(-c8ccccc8)c7c6)ccc54)cc3)n2)cc1. The Balaban J connectivity index is 0.000000141. The van der Waals surface area contributed by atoms with Gasteiger partial charge in [0, 0.05) is 99.2 Å². The first-order valence-electron chi connectivity index (χ1n) is 38.0. The van der Waals surface area contributed by atoms with Crippen LogP contribution in [0.3, 0.4) is 0 Å². The number of aromatic nitrogens is 8. The van der Waals surface area contributed by atoms with Crippen LogP contribution in [0.25, 0.3) is 200 Å². The average Bonchev–Trinajstić information content (AvgIpc) is 1.66. The Bertz CT molecular complexity index is 6760. The number of para-hydroxylation sites is 6. The minimum Gasteiger partial charge on any atom is -0.309 e. The highest BCUT2D eigenvalue weighted by Crippen LogP contribution is 2.43. The lowest BCUT2D eigenvalue weighted by Gasteiger charge is -2.12. The van der Waals surface area contributed by atoms with Crippen molar-refractivity contribution < 1.29 is 0 Å². The monoisotopic (exact) mass is 1430 g/mol. The van der Waals surface area contributed by atoms with E-state index in [1.54, 1.807) is 0 Å². The summed E-state index contributed by atoms with van der Waals surface area (Å²) in [6.45, 7) is 0. The molecule has 0 aliphatic heterocycles. The first kappa shape index (κ1) is 65.2. The third kappa shape index (κ3) is 11.6. The minimum atomic E-state index is 0.701. The molecule has 0 amide bonds. The molecule has 22 rings (SSSR count). The third-order valence-electron chi connectivity index (χ3n) is 21.9. The summed E-state index contributed by atoms with van der Waals surface area (Å²) in [6, 6.07) is 146. The fourth-order valence-electron chi connectivity index (χ4n) is 16.6. The molecular formula is C104H68N8. The van der Waals surface area contributed by atoms with Gasteiger partial charge in [-0.15, -0.1) is 0 Å². The van der Waals surface area contributed by atoms with Gasteiger partial charge in [-0.25, -0.2) is 19.9 Å². The fourth-order valence-corrected chi connectivity index (χ4v) is 16.6. The predicted octanol–water partition coefficient (Wildman–Crippen LogP) is 26.7. The van der Waals surface area contributed by atoms with Crippen molar-refractivity contribution in [3.05, 3.63) is 413 Å². The second-order valence-electron chi connectivity index (χ2n) is 28.5. The minimum absolute atomic E-state index is 0.701. The topological polar surface area (TPSA) is 71.3 Å². The van der Waals surface area contributed by atoms with Gasteiger partial charge in [0.25, 0.3) is 0 Å². The summed E-state index contributed by atoms with van der Waals surface area (Å²) in [4.78, 5) is 20.2. The molecule has 112 heavy (non-hydrogen) atoms. The van der Waals surface area contributed by atoms with E-state index in [2.05, 4.69) is 358 Å². The molecule has 0 N–H and O–H groups in total. The van der Waals surface area contributed by atoms with E-state index in [0.29, 0.717) is 11.6 Å². The summed E-state index contributed by atoms with van der Waals surface area (Å²) < 4.78 is 9.51. The Morgan fingerprint density at radius 3 is 0.714 bits per heavy atom. The number of benzene rings is 16. The van der Waals surface area contributed by atoms with Crippen molar-refractivity contribution in [2.45, 2.75) is 0 Å². The van der Waals surface area contributed by atoms with Crippen LogP contribution >= 0.6 is 0 Å². The van der Waals surface area contributed by atoms with Crippen molar-refractivity contribution in [3.63, 3.8) is 0 Å². The van der Waals surface area contributed by atoms with Crippen LogP contribution in [0.15, 0.2) is 413 Å². The van der Waals surface area contributed by atoms with Crippen LogP contribution < -0.4 is 0 Å². The van der Waals surface area contributed by atoms with Crippen LogP contribution in [-0.4, -0.2) is 38.2 Å². The molecule has 0 radical (unpaired) electrons. The molecule has 6 heterocycles. The Morgan fingerprint density at radius 1 is 0.134 bits per heavy atom. The van der Waals surface area contributed by atoms with Crippen molar-refractivity contribution in [3.8, 4) is 113 Å². The van der Waals surface area contributed by atoms with E-state index in [9.17, 15) is 0 Å². The lowest BCUT2D eigenvalue weighted by Crippen LogP contribution is -1.97. The Morgan fingerprint density at radius 2 is 0.357 bits per heavy atom. The molecule has 0 saturated carbocycles. The highest BCUT2D eigenvalue weighted by atomic mass is 15.0. The molecule has 8 nitrogen and oxygen atoms in total. The molecule has 0 atom stereocenters. The highest BCUT2D eigenvalue weighted by Gasteiger charge is 2.21. The molecule has 0 aliphatic carbocycles. The van der Waals surface area contributed by atoms with Gasteiger partial charge in [-0.2, -0.15) is 0 Å². The van der Waals surface area contributed by atoms with Gasteiger partial charge in [0.15, 0.2) is 11.6 Å². The van der Waals surface area contributed by atoms with Gasteiger partial charge >= 0.3 is 0 Å². The molecule has 0 spiro atoms. The number of nitrogens with zero attached hydrogens (tertiary/aromatic N) is 8. The molecule has 16 aromatic carbocycles. The van der Waals surface area contributed by atoms with E-state index < -0.39 is 0 Å². The lowest BCUT2D eigenvalue weighted by molar-refractivity contribution is 1.16. The molecule has 0 bridgehead atoms. The number of hydrogen-bond acceptors (Lipinski definition) is 4. The van der Waals surface area contributed by atoms with Crippen molar-refractivity contribution in [1.29, 1.82) is 0 Å². The van der Waals surface area contributed by atoms with Crippen LogP contribution in [0, 0.1) is 0 Å². The van der Waals surface area contributed by atoms with Gasteiger partial charge < -0.3 is 18.3 Å². The Kier molecular flexibility index (Phi) is 16.1. The zero-order valence-electron chi connectivity index (χ0n) is 60.8. The molecule has 6 aromatic heterocycles. The molecule has 0 saturated heterocycles. The van der Waals surface area contributed by atoms with Crippen molar-refractivity contribution >= 4 is 87.2 Å². The van der Waals surface area contributed by atoms with Crippen LogP contribution in [0.5, 0.6) is 0 Å². The average molecular weight is 1430 g/mol. The summed E-state index contributed by atoms with van der Waals surface area (Å²) in [5, 5.41) is 9.92. The Labute approximate surface area is 646 Å². The van der Waals surface area contributed by atoms with Crippen molar-refractivity contribution in [2.75, 3.05) is 0 Å². The first-order chi connectivity index (χ1) is 55.5. The third-order valence-corrected chi connectivity index (χ3v) is 21.9. The summed E-state index contributed by atoms with van der Waals surface area (Å²) in [7, 11) is 0. The number of rotatable bonds is 12. The molecule has 524 valence electrons. The van der Waals surface area contributed by atoms with E-state index in [-0.39, 0.29) is 0 Å². The fraction of sp³-hybridized carbons (Fsp3) is 0. The van der Waals surface area contributed by atoms with E-state index in [1.807, 2.05) is 72.8 Å². The van der Waals surface area contributed by atoms with Gasteiger partial charge in [0.1, 0.15) is 0 Å². The molecule has 0 fully saturated rings. The maximum absolute atomic E-state index is 5.06. The van der Waals surface area contributed by atoms with E-state index >= 15 is 0 Å². The normalized spacial score (nSPS) is 11.6. The van der Waals surface area contributed by atoms with Gasteiger partial charge in [0.2, 0.25) is 0 Å². The quantitative estimate of drug-likeness (QED) is 0.122. The molecule has 22 aromatic rings. The smallest absolute Gasteiger partial charge is 0.160 e. The molecule has 0 unspecified atom stereocenters.